The zero-order chi connectivity index (χ0) is 25.5. The number of rotatable bonds is 9. The highest BCUT2D eigenvalue weighted by molar-refractivity contribution is 5.79. The molecule has 1 aromatic heterocycles. The molecular formula is C32H41N5. The summed E-state index contributed by atoms with van der Waals surface area (Å²) in [6, 6.07) is 21.9. The van der Waals surface area contributed by atoms with Gasteiger partial charge in [-0.3, -0.25) is 0 Å². The summed E-state index contributed by atoms with van der Waals surface area (Å²) in [4.78, 5) is 12.3. The predicted octanol–water partition coefficient (Wildman–Crippen LogP) is 6.11. The maximum absolute atomic E-state index is 5.00. The van der Waals surface area contributed by atoms with Crippen molar-refractivity contribution < 1.29 is 0 Å². The van der Waals surface area contributed by atoms with Gasteiger partial charge >= 0.3 is 0 Å². The molecule has 3 aromatic rings. The van der Waals surface area contributed by atoms with Gasteiger partial charge in [-0.2, -0.15) is 4.98 Å². The molecule has 0 radical (unpaired) electrons. The van der Waals surface area contributed by atoms with Crippen LogP contribution in [0, 0.1) is 5.92 Å². The first-order valence-corrected chi connectivity index (χ1v) is 14.0. The highest BCUT2D eigenvalue weighted by Crippen LogP contribution is 2.31. The molecule has 37 heavy (non-hydrogen) atoms. The van der Waals surface area contributed by atoms with Crippen molar-refractivity contribution >= 4 is 17.3 Å². The Labute approximate surface area is 222 Å². The molecule has 2 N–H and O–H groups in total. The average Bonchev–Trinajstić information content (AvgIpc) is 2.97. The van der Waals surface area contributed by atoms with Crippen LogP contribution in [0.3, 0.4) is 0 Å². The molecule has 1 heterocycles. The van der Waals surface area contributed by atoms with E-state index < -0.39 is 0 Å². The SMILES string of the molecule is CNc1nc(N(C)C2CCC(CNCC=C(c3ccccc3)c3ccccc3)CC2)nc2c1CCCC2. The summed E-state index contributed by atoms with van der Waals surface area (Å²) in [6.45, 7) is 1.96. The van der Waals surface area contributed by atoms with Crippen molar-refractivity contribution in [2.75, 3.05) is 37.4 Å². The van der Waals surface area contributed by atoms with E-state index in [9.17, 15) is 0 Å². The van der Waals surface area contributed by atoms with Crippen LogP contribution >= 0.6 is 0 Å². The molecule has 5 rings (SSSR count). The maximum atomic E-state index is 5.00. The van der Waals surface area contributed by atoms with Gasteiger partial charge in [-0.1, -0.05) is 66.7 Å². The molecule has 1 fully saturated rings. The third-order valence-electron chi connectivity index (χ3n) is 8.14. The molecule has 2 aromatic carbocycles. The molecule has 0 amide bonds. The van der Waals surface area contributed by atoms with E-state index in [0.717, 1.165) is 43.6 Å². The van der Waals surface area contributed by atoms with E-state index in [4.69, 9.17) is 9.97 Å². The van der Waals surface area contributed by atoms with Crippen LogP contribution in [0.25, 0.3) is 5.57 Å². The second kappa shape index (κ2) is 12.4. The predicted molar refractivity (Wildman–Crippen MR) is 155 cm³/mol. The van der Waals surface area contributed by atoms with Crippen molar-refractivity contribution in [2.24, 2.45) is 5.92 Å². The summed E-state index contributed by atoms with van der Waals surface area (Å²) in [5.41, 5.74) is 6.42. The van der Waals surface area contributed by atoms with Gasteiger partial charge in [-0.25, -0.2) is 4.98 Å². The number of nitrogens with one attached hydrogen (secondary N) is 2. The second-order valence-corrected chi connectivity index (χ2v) is 10.5. The van der Waals surface area contributed by atoms with Crippen LogP contribution in [0.5, 0.6) is 0 Å². The normalized spacial score (nSPS) is 19.1. The number of hydrogen-bond acceptors (Lipinski definition) is 5. The number of hydrogen-bond donors (Lipinski definition) is 2. The number of fused-ring (bicyclic) bond motifs is 1. The van der Waals surface area contributed by atoms with E-state index in [0.29, 0.717) is 6.04 Å². The summed E-state index contributed by atoms with van der Waals surface area (Å²) in [5, 5.41) is 7.05. The third-order valence-corrected chi connectivity index (χ3v) is 8.14. The second-order valence-electron chi connectivity index (χ2n) is 10.5. The summed E-state index contributed by atoms with van der Waals surface area (Å²) in [6.07, 6.45) is 11.9. The minimum atomic E-state index is 0.519. The number of aromatic nitrogens is 2. The average molecular weight is 496 g/mol. The number of aryl methyl sites for hydroxylation is 1. The van der Waals surface area contributed by atoms with Gasteiger partial charge in [0.2, 0.25) is 5.95 Å². The van der Waals surface area contributed by atoms with E-state index in [1.54, 1.807) is 0 Å². The standard InChI is InChI=1S/C32H41N5/c1-33-31-29-15-9-10-16-30(29)35-32(36-31)37(2)27-19-17-24(18-20-27)23-34-22-21-28(25-11-5-3-6-12-25)26-13-7-4-8-14-26/h3-8,11-14,21,24,27,34H,9-10,15-20,22-23H2,1-2H3,(H,33,35,36). The molecule has 0 aliphatic heterocycles. The summed E-state index contributed by atoms with van der Waals surface area (Å²) in [5.74, 6) is 2.65. The molecule has 0 atom stereocenters. The van der Waals surface area contributed by atoms with Crippen molar-refractivity contribution in [3.8, 4) is 0 Å². The zero-order valence-corrected chi connectivity index (χ0v) is 22.4. The van der Waals surface area contributed by atoms with Crippen molar-refractivity contribution in [3.63, 3.8) is 0 Å². The van der Waals surface area contributed by atoms with Gasteiger partial charge in [-0.15, -0.1) is 0 Å². The first kappa shape index (κ1) is 25.5. The molecule has 2 aliphatic carbocycles. The van der Waals surface area contributed by atoms with Gasteiger partial charge < -0.3 is 15.5 Å². The summed E-state index contributed by atoms with van der Waals surface area (Å²) in [7, 11) is 4.17. The molecule has 0 unspecified atom stereocenters. The lowest BCUT2D eigenvalue weighted by Gasteiger charge is -2.35. The Hall–Kier alpha value is -3.18. The van der Waals surface area contributed by atoms with E-state index in [2.05, 4.69) is 89.3 Å². The largest absolute Gasteiger partial charge is 0.373 e. The van der Waals surface area contributed by atoms with Gasteiger partial charge in [0.1, 0.15) is 5.82 Å². The van der Waals surface area contributed by atoms with E-state index >= 15 is 0 Å². The lowest BCUT2D eigenvalue weighted by Crippen LogP contribution is -2.38. The Morgan fingerprint density at radius 2 is 1.54 bits per heavy atom. The van der Waals surface area contributed by atoms with Crippen molar-refractivity contribution in [1.29, 1.82) is 0 Å². The van der Waals surface area contributed by atoms with Crippen LogP contribution in [-0.2, 0) is 12.8 Å². The monoisotopic (exact) mass is 495 g/mol. The molecule has 2 aliphatic rings. The quantitative estimate of drug-likeness (QED) is 0.351. The first-order valence-electron chi connectivity index (χ1n) is 14.0. The number of anilines is 2. The number of nitrogens with zero attached hydrogens (tertiary/aromatic N) is 3. The van der Waals surface area contributed by atoms with E-state index in [1.165, 1.54) is 66.5 Å². The minimum Gasteiger partial charge on any atom is -0.373 e. The molecule has 5 nitrogen and oxygen atoms in total. The van der Waals surface area contributed by atoms with Crippen LogP contribution in [0.4, 0.5) is 11.8 Å². The van der Waals surface area contributed by atoms with Gasteiger partial charge in [0.25, 0.3) is 0 Å². The summed E-state index contributed by atoms with van der Waals surface area (Å²) >= 11 is 0. The first-order chi connectivity index (χ1) is 18.2. The molecular weight excluding hydrogens is 454 g/mol. The topological polar surface area (TPSA) is 53.1 Å². The maximum Gasteiger partial charge on any atom is 0.227 e. The minimum absolute atomic E-state index is 0.519. The molecule has 0 bridgehead atoms. The highest BCUT2D eigenvalue weighted by Gasteiger charge is 2.27. The number of benzene rings is 2. The lowest BCUT2D eigenvalue weighted by molar-refractivity contribution is 0.311. The highest BCUT2D eigenvalue weighted by atomic mass is 15.3. The molecule has 0 saturated heterocycles. The Balaban J connectivity index is 1.14. The summed E-state index contributed by atoms with van der Waals surface area (Å²) < 4.78 is 0. The van der Waals surface area contributed by atoms with Crippen LogP contribution in [0.1, 0.15) is 60.9 Å². The van der Waals surface area contributed by atoms with Crippen LogP contribution < -0.4 is 15.5 Å². The Morgan fingerprint density at radius 3 is 2.19 bits per heavy atom. The van der Waals surface area contributed by atoms with Crippen molar-refractivity contribution in [2.45, 2.75) is 57.4 Å². The van der Waals surface area contributed by atoms with Gasteiger partial charge in [0.15, 0.2) is 0 Å². The Kier molecular flexibility index (Phi) is 8.52. The molecule has 0 spiro atoms. The van der Waals surface area contributed by atoms with E-state index in [-0.39, 0.29) is 0 Å². The van der Waals surface area contributed by atoms with Crippen LogP contribution in [0.2, 0.25) is 0 Å². The fourth-order valence-electron chi connectivity index (χ4n) is 5.94. The van der Waals surface area contributed by atoms with Gasteiger partial charge in [0.05, 0.1) is 5.69 Å². The Bertz CT molecular complexity index is 1110. The van der Waals surface area contributed by atoms with Crippen LogP contribution in [0.15, 0.2) is 66.7 Å². The molecule has 1 saturated carbocycles. The fraction of sp³-hybridized carbons (Fsp3) is 0.438. The van der Waals surface area contributed by atoms with Crippen molar-refractivity contribution in [1.82, 2.24) is 15.3 Å². The van der Waals surface area contributed by atoms with Gasteiger partial charge in [0, 0.05) is 32.2 Å². The Morgan fingerprint density at radius 1 is 0.892 bits per heavy atom. The van der Waals surface area contributed by atoms with E-state index in [1.807, 2.05) is 7.05 Å². The van der Waals surface area contributed by atoms with Gasteiger partial charge in [-0.05, 0) is 80.5 Å². The third kappa shape index (κ3) is 6.22. The lowest BCUT2D eigenvalue weighted by atomic mass is 9.85. The smallest absolute Gasteiger partial charge is 0.227 e. The fourth-order valence-corrected chi connectivity index (χ4v) is 5.94. The zero-order valence-electron chi connectivity index (χ0n) is 22.4. The van der Waals surface area contributed by atoms with Crippen molar-refractivity contribution in [3.05, 3.63) is 89.1 Å². The molecule has 5 heteroatoms. The molecule has 194 valence electrons. The van der Waals surface area contributed by atoms with Crippen LogP contribution in [-0.4, -0.2) is 43.2 Å².